The molecule has 2 rings (SSSR count). The molecule has 0 saturated heterocycles. The smallest absolute Gasteiger partial charge is 0.212 e. The van der Waals surface area contributed by atoms with Crippen LogP contribution < -0.4 is 21.3 Å². The minimum Gasteiger partial charge on any atom is -0.481 e. The number of halogens is 2. The van der Waals surface area contributed by atoms with Gasteiger partial charge in [-0.05, 0) is 11.6 Å². The molecule has 0 aliphatic heterocycles. The summed E-state index contributed by atoms with van der Waals surface area (Å²) >= 11 is 12.0. The van der Waals surface area contributed by atoms with Crippen molar-refractivity contribution in [2.75, 3.05) is 17.9 Å². The maximum Gasteiger partial charge on any atom is 0.212 e. The highest BCUT2D eigenvalue weighted by molar-refractivity contribution is 6.37. The monoisotopic (exact) mass is 313 g/mol. The average Bonchev–Trinajstić information content (AvgIpc) is 2.47. The first kappa shape index (κ1) is 14.6. The number of hydrogen-bond acceptors (Lipinski definition) is 6. The van der Waals surface area contributed by atoms with Gasteiger partial charge in [0, 0.05) is 18.8 Å². The first-order chi connectivity index (χ1) is 9.63. The van der Waals surface area contributed by atoms with Crippen LogP contribution in [0.25, 0.3) is 0 Å². The van der Waals surface area contributed by atoms with Gasteiger partial charge in [-0.25, -0.2) is 15.8 Å². The fraction of sp³-hybridized carbons (Fsp3) is 0.167. The highest BCUT2D eigenvalue weighted by Crippen LogP contribution is 2.28. The van der Waals surface area contributed by atoms with Crippen LogP contribution in [-0.2, 0) is 6.54 Å². The lowest BCUT2D eigenvalue weighted by atomic mass is 10.3. The molecule has 0 aromatic carbocycles. The minimum absolute atomic E-state index is 0.353. The Bertz CT molecular complexity index is 591. The van der Waals surface area contributed by atoms with Crippen LogP contribution in [0.5, 0.6) is 5.88 Å². The van der Waals surface area contributed by atoms with Gasteiger partial charge in [-0.15, -0.1) is 0 Å². The van der Waals surface area contributed by atoms with Crippen molar-refractivity contribution in [2.24, 2.45) is 5.84 Å². The van der Waals surface area contributed by atoms with E-state index in [2.05, 4.69) is 20.7 Å². The number of nitrogens with one attached hydrogen (secondary N) is 2. The standard InChI is InChI=1S/C12H13Cl2N5O/c1-20-10-3-2-7(5-16-10)6-17-11-8(13)4-9(14)12(18-11)19-15/h2-5H,6,15H2,1H3,(H2,17,18,19). The highest BCUT2D eigenvalue weighted by Gasteiger charge is 2.08. The number of rotatable bonds is 5. The molecule has 20 heavy (non-hydrogen) atoms. The fourth-order valence-electron chi connectivity index (χ4n) is 1.51. The Morgan fingerprint density at radius 2 is 2.00 bits per heavy atom. The van der Waals surface area contributed by atoms with Gasteiger partial charge in [0.1, 0.15) is 5.82 Å². The molecule has 0 radical (unpaired) electrons. The molecule has 6 nitrogen and oxygen atoms in total. The van der Waals surface area contributed by atoms with E-state index in [1.807, 2.05) is 6.07 Å². The molecule has 0 aliphatic carbocycles. The molecule has 0 saturated carbocycles. The van der Waals surface area contributed by atoms with Crippen molar-refractivity contribution in [1.29, 1.82) is 0 Å². The van der Waals surface area contributed by atoms with E-state index in [1.165, 1.54) is 0 Å². The van der Waals surface area contributed by atoms with Gasteiger partial charge in [-0.1, -0.05) is 29.3 Å². The average molecular weight is 314 g/mol. The van der Waals surface area contributed by atoms with E-state index in [9.17, 15) is 0 Å². The Labute approximate surface area is 126 Å². The molecule has 2 aromatic rings. The second-order valence-corrected chi connectivity index (χ2v) is 4.67. The number of methoxy groups -OCH3 is 1. The van der Waals surface area contributed by atoms with E-state index in [1.54, 1.807) is 25.4 Å². The number of pyridine rings is 2. The summed E-state index contributed by atoms with van der Waals surface area (Å²) in [5, 5.41) is 3.86. The molecule has 0 atom stereocenters. The van der Waals surface area contributed by atoms with Gasteiger partial charge in [0.25, 0.3) is 0 Å². The zero-order valence-electron chi connectivity index (χ0n) is 10.7. The SMILES string of the molecule is COc1ccc(CNc2nc(NN)c(Cl)cc2Cl)cn1. The molecule has 0 unspecified atom stereocenters. The normalized spacial score (nSPS) is 10.2. The maximum absolute atomic E-state index is 6.06. The van der Waals surface area contributed by atoms with Gasteiger partial charge < -0.3 is 15.5 Å². The van der Waals surface area contributed by atoms with Gasteiger partial charge in [0.05, 0.1) is 17.2 Å². The lowest BCUT2D eigenvalue weighted by Crippen LogP contribution is -2.11. The van der Waals surface area contributed by atoms with Crippen molar-refractivity contribution in [3.05, 3.63) is 40.0 Å². The zero-order chi connectivity index (χ0) is 14.5. The Kier molecular flexibility index (Phi) is 4.84. The Morgan fingerprint density at radius 3 is 2.60 bits per heavy atom. The van der Waals surface area contributed by atoms with Crippen molar-refractivity contribution >= 4 is 34.8 Å². The van der Waals surface area contributed by atoms with Gasteiger partial charge in [-0.2, -0.15) is 0 Å². The van der Waals surface area contributed by atoms with Crippen LogP contribution in [0.2, 0.25) is 10.0 Å². The summed E-state index contributed by atoms with van der Waals surface area (Å²) in [7, 11) is 1.57. The zero-order valence-corrected chi connectivity index (χ0v) is 12.2. The predicted octanol–water partition coefficient (Wildman–Crippen LogP) is 2.69. The first-order valence-electron chi connectivity index (χ1n) is 5.69. The number of ether oxygens (including phenoxy) is 1. The van der Waals surface area contributed by atoms with Crippen molar-refractivity contribution < 1.29 is 4.74 Å². The largest absolute Gasteiger partial charge is 0.481 e. The summed E-state index contributed by atoms with van der Waals surface area (Å²) in [5.41, 5.74) is 3.36. The molecule has 0 aliphatic rings. The van der Waals surface area contributed by atoms with Crippen molar-refractivity contribution in [1.82, 2.24) is 9.97 Å². The molecule has 8 heteroatoms. The minimum atomic E-state index is 0.353. The Hall–Kier alpha value is -1.76. The number of aromatic nitrogens is 2. The van der Waals surface area contributed by atoms with E-state index in [0.717, 1.165) is 5.56 Å². The summed E-state index contributed by atoms with van der Waals surface area (Å²) in [4.78, 5) is 8.29. The lowest BCUT2D eigenvalue weighted by molar-refractivity contribution is 0.397. The van der Waals surface area contributed by atoms with Gasteiger partial charge >= 0.3 is 0 Å². The molecule has 0 spiro atoms. The molecule has 0 amide bonds. The first-order valence-corrected chi connectivity index (χ1v) is 6.45. The highest BCUT2D eigenvalue weighted by atomic mass is 35.5. The molecule has 2 heterocycles. The van der Waals surface area contributed by atoms with Crippen LogP contribution in [0.15, 0.2) is 24.4 Å². The molecule has 106 valence electrons. The lowest BCUT2D eigenvalue weighted by Gasteiger charge is -2.10. The van der Waals surface area contributed by atoms with Crippen molar-refractivity contribution in [3.8, 4) is 5.88 Å². The number of nitrogens with two attached hydrogens (primary N) is 1. The third-order valence-corrected chi connectivity index (χ3v) is 3.11. The van der Waals surface area contributed by atoms with Crippen LogP contribution in [0.4, 0.5) is 11.6 Å². The van der Waals surface area contributed by atoms with Crippen LogP contribution in [0.1, 0.15) is 5.56 Å². The number of nitrogens with zero attached hydrogens (tertiary/aromatic N) is 2. The fourth-order valence-corrected chi connectivity index (χ4v) is 1.99. The molecule has 0 fully saturated rings. The third-order valence-electron chi connectivity index (χ3n) is 2.53. The predicted molar refractivity (Wildman–Crippen MR) is 80.2 cm³/mol. The second-order valence-electron chi connectivity index (χ2n) is 3.86. The van der Waals surface area contributed by atoms with E-state index in [-0.39, 0.29) is 0 Å². The Morgan fingerprint density at radius 1 is 1.25 bits per heavy atom. The van der Waals surface area contributed by atoms with Crippen LogP contribution in [0.3, 0.4) is 0 Å². The number of hydrazine groups is 1. The second kappa shape index (κ2) is 6.60. The molecule has 0 bridgehead atoms. The molecule has 2 aromatic heterocycles. The van der Waals surface area contributed by atoms with Crippen LogP contribution in [0, 0.1) is 0 Å². The van der Waals surface area contributed by atoms with E-state index >= 15 is 0 Å². The molecular weight excluding hydrogens is 301 g/mol. The topological polar surface area (TPSA) is 85.1 Å². The molecular formula is C12H13Cl2N5O. The molecule has 4 N–H and O–H groups in total. The van der Waals surface area contributed by atoms with E-state index in [4.69, 9.17) is 33.8 Å². The number of hydrogen-bond donors (Lipinski definition) is 3. The summed E-state index contributed by atoms with van der Waals surface area (Å²) in [6.45, 7) is 0.509. The summed E-state index contributed by atoms with van der Waals surface area (Å²) in [6.07, 6.45) is 1.71. The van der Waals surface area contributed by atoms with E-state index < -0.39 is 0 Å². The summed E-state index contributed by atoms with van der Waals surface area (Å²) in [6, 6.07) is 5.24. The van der Waals surface area contributed by atoms with Gasteiger partial charge in [-0.3, -0.25) is 0 Å². The maximum atomic E-state index is 6.06. The third kappa shape index (κ3) is 3.41. The Balaban J connectivity index is 2.09. The quantitative estimate of drug-likeness (QED) is 0.581. The van der Waals surface area contributed by atoms with E-state index in [0.29, 0.717) is 34.1 Å². The van der Waals surface area contributed by atoms with Crippen LogP contribution >= 0.6 is 23.2 Å². The number of nitrogen functional groups attached to an aromatic ring is 1. The summed E-state index contributed by atoms with van der Waals surface area (Å²) < 4.78 is 4.99. The van der Waals surface area contributed by atoms with Gasteiger partial charge in [0.15, 0.2) is 5.82 Å². The van der Waals surface area contributed by atoms with Gasteiger partial charge in [0.2, 0.25) is 5.88 Å². The number of anilines is 2. The van der Waals surface area contributed by atoms with Crippen molar-refractivity contribution in [3.63, 3.8) is 0 Å². The summed E-state index contributed by atoms with van der Waals surface area (Å²) in [5.74, 6) is 6.72. The van der Waals surface area contributed by atoms with Crippen LogP contribution in [-0.4, -0.2) is 17.1 Å². The van der Waals surface area contributed by atoms with Crippen molar-refractivity contribution in [2.45, 2.75) is 6.54 Å².